The molecular formula is C30H40N5O7S+. The van der Waals surface area contributed by atoms with Crippen molar-refractivity contribution in [3.05, 3.63) is 29.6 Å². The third-order valence-corrected chi connectivity index (χ3v) is 7.67. The average Bonchev–Trinajstić information content (AvgIpc) is 3.46. The van der Waals surface area contributed by atoms with E-state index in [0.29, 0.717) is 28.1 Å². The van der Waals surface area contributed by atoms with Crippen LogP contribution in [0.4, 0.5) is 20.2 Å². The lowest BCUT2D eigenvalue weighted by atomic mass is 10.2. The molecule has 0 radical (unpaired) electrons. The highest BCUT2D eigenvalue weighted by Crippen LogP contribution is 2.36. The number of carboxylic acid groups (broad SMARTS) is 1. The summed E-state index contributed by atoms with van der Waals surface area (Å²) in [5, 5.41) is 12.0. The first kappa shape index (κ1) is 32.1. The van der Waals surface area contributed by atoms with Crippen LogP contribution in [-0.2, 0) is 9.47 Å². The summed E-state index contributed by atoms with van der Waals surface area (Å²) in [5.41, 5.74) is -0.493. The van der Waals surface area contributed by atoms with Gasteiger partial charge in [0, 0.05) is 12.5 Å². The second kappa shape index (κ2) is 11.7. The molecule has 43 heavy (non-hydrogen) atoms. The van der Waals surface area contributed by atoms with Crippen molar-refractivity contribution in [2.75, 3.05) is 11.4 Å². The van der Waals surface area contributed by atoms with Gasteiger partial charge in [-0.1, -0.05) is 6.07 Å². The smallest absolute Gasteiger partial charge is 0.467 e. The minimum Gasteiger partial charge on any atom is -0.467 e. The summed E-state index contributed by atoms with van der Waals surface area (Å²) >= 11 is 1.39. The molecule has 3 amide bonds. The number of fused-ring (bicyclic) bond motifs is 1. The Morgan fingerprint density at radius 2 is 1.70 bits per heavy atom. The van der Waals surface area contributed by atoms with Gasteiger partial charge in [0.05, 0.1) is 5.52 Å². The fraction of sp³-hybridized carbons (Fsp3) is 0.533. The van der Waals surface area contributed by atoms with Crippen molar-refractivity contribution < 1.29 is 38.2 Å². The number of aromatic nitrogens is 3. The van der Waals surface area contributed by atoms with Gasteiger partial charge >= 0.3 is 18.3 Å². The Balaban J connectivity index is 1.68. The summed E-state index contributed by atoms with van der Waals surface area (Å²) in [6.45, 7) is 15.8. The zero-order valence-electron chi connectivity index (χ0n) is 26.1. The minimum atomic E-state index is -1.29. The van der Waals surface area contributed by atoms with Crippen LogP contribution >= 0.6 is 11.3 Å². The maximum absolute atomic E-state index is 13.1. The first-order valence-corrected chi connectivity index (χ1v) is 15.1. The summed E-state index contributed by atoms with van der Waals surface area (Å²) in [5.74, 6) is 0.915. The molecule has 4 rings (SSSR count). The number of rotatable bonds is 5. The summed E-state index contributed by atoms with van der Waals surface area (Å²) in [7, 11) is 0. The van der Waals surface area contributed by atoms with Crippen LogP contribution in [0.1, 0.15) is 68.7 Å². The standard InChI is InChI=1S/C30H39N5O7S/c1-17(2)34(26(36)41-29(4,5)6)22-12-10-11-21(31-22)24-32-20-13-14-43-23(20)25(33-24)40-19-15-18(3)35(16-19,27(37)38)28(39)42-30(7,8)9/h10-14,17-19H,15-16H2,1-9H3/p+1/t18?,19-,35?/m1/s1. The lowest BCUT2D eigenvalue weighted by Gasteiger charge is -2.31. The number of pyridine rings is 1. The minimum absolute atomic E-state index is 0.120. The Morgan fingerprint density at radius 1 is 1.02 bits per heavy atom. The fourth-order valence-electron chi connectivity index (χ4n) is 4.91. The Morgan fingerprint density at radius 3 is 2.30 bits per heavy atom. The van der Waals surface area contributed by atoms with Crippen molar-refractivity contribution in [2.45, 2.75) is 98.1 Å². The van der Waals surface area contributed by atoms with Crippen LogP contribution in [0.25, 0.3) is 21.7 Å². The lowest BCUT2D eigenvalue weighted by molar-refractivity contribution is -0.797. The Kier molecular flexibility index (Phi) is 8.72. The van der Waals surface area contributed by atoms with Crippen molar-refractivity contribution >= 4 is 45.7 Å². The molecule has 0 aliphatic carbocycles. The topological polar surface area (TPSA) is 141 Å². The number of amides is 3. The van der Waals surface area contributed by atoms with Gasteiger partial charge in [-0.2, -0.15) is 14.6 Å². The molecule has 0 bridgehead atoms. The van der Waals surface area contributed by atoms with E-state index in [1.54, 1.807) is 66.7 Å². The molecule has 1 aliphatic heterocycles. The van der Waals surface area contributed by atoms with Gasteiger partial charge in [-0.05, 0) is 85.9 Å². The number of ether oxygens (including phenoxy) is 3. The van der Waals surface area contributed by atoms with E-state index < -0.39 is 46.1 Å². The van der Waals surface area contributed by atoms with E-state index in [4.69, 9.17) is 19.2 Å². The first-order valence-electron chi connectivity index (χ1n) is 14.2. The van der Waals surface area contributed by atoms with Gasteiger partial charge in [0.2, 0.25) is 5.88 Å². The summed E-state index contributed by atoms with van der Waals surface area (Å²) in [6.07, 6.45) is -2.98. The second-order valence-corrected chi connectivity index (χ2v) is 13.9. The van der Waals surface area contributed by atoms with E-state index in [-0.39, 0.29) is 24.3 Å². The van der Waals surface area contributed by atoms with Crippen LogP contribution in [0.15, 0.2) is 29.6 Å². The first-order chi connectivity index (χ1) is 19.9. The summed E-state index contributed by atoms with van der Waals surface area (Å²) < 4.78 is 17.2. The van der Waals surface area contributed by atoms with Gasteiger partial charge in [-0.25, -0.2) is 14.8 Å². The van der Waals surface area contributed by atoms with E-state index in [1.807, 2.05) is 25.3 Å². The largest absolute Gasteiger partial charge is 0.527 e. The summed E-state index contributed by atoms with van der Waals surface area (Å²) in [6, 6.07) is 6.22. The number of nitrogens with zero attached hydrogens (tertiary/aromatic N) is 5. The van der Waals surface area contributed by atoms with Crippen LogP contribution < -0.4 is 9.64 Å². The predicted octanol–water partition coefficient (Wildman–Crippen LogP) is 6.87. The highest BCUT2D eigenvalue weighted by Gasteiger charge is 2.60. The van der Waals surface area contributed by atoms with Crippen molar-refractivity contribution in [3.8, 4) is 17.4 Å². The third-order valence-electron chi connectivity index (χ3n) is 6.78. The van der Waals surface area contributed by atoms with Crippen LogP contribution in [0.5, 0.6) is 5.88 Å². The molecule has 1 aliphatic rings. The Hall–Kier alpha value is -3.84. The number of quaternary nitrogens is 1. The maximum Gasteiger partial charge on any atom is 0.527 e. The molecular weight excluding hydrogens is 574 g/mol. The highest BCUT2D eigenvalue weighted by molar-refractivity contribution is 7.17. The van der Waals surface area contributed by atoms with E-state index >= 15 is 0 Å². The molecule has 0 aromatic carbocycles. The number of hydrogen-bond donors (Lipinski definition) is 1. The molecule has 3 atom stereocenters. The van der Waals surface area contributed by atoms with Gasteiger partial charge in [-0.15, -0.1) is 15.8 Å². The average molecular weight is 615 g/mol. The predicted molar refractivity (Wildman–Crippen MR) is 162 cm³/mol. The zero-order chi connectivity index (χ0) is 31.9. The molecule has 13 heteroatoms. The molecule has 2 unspecified atom stereocenters. The highest BCUT2D eigenvalue weighted by atomic mass is 32.1. The molecule has 3 aromatic heterocycles. The molecule has 1 N–H and O–H groups in total. The third kappa shape index (κ3) is 6.88. The Bertz CT molecular complexity index is 1530. The van der Waals surface area contributed by atoms with Crippen molar-refractivity contribution in [3.63, 3.8) is 0 Å². The van der Waals surface area contributed by atoms with E-state index in [1.165, 1.54) is 16.2 Å². The normalized spacial score (nSPS) is 20.7. The second-order valence-electron chi connectivity index (χ2n) is 13.0. The van der Waals surface area contributed by atoms with E-state index in [0.717, 1.165) is 0 Å². The van der Waals surface area contributed by atoms with Crippen LogP contribution in [0, 0.1) is 0 Å². The quantitative estimate of drug-likeness (QED) is 0.303. The molecule has 0 saturated carbocycles. The van der Waals surface area contributed by atoms with Crippen molar-refractivity contribution in [1.82, 2.24) is 15.0 Å². The lowest BCUT2D eigenvalue weighted by Crippen LogP contribution is -2.60. The molecule has 0 spiro atoms. The number of imide groups is 1. The van der Waals surface area contributed by atoms with Crippen molar-refractivity contribution in [1.29, 1.82) is 0 Å². The molecule has 4 heterocycles. The van der Waals surface area contributed by atoms with Crippen LogP contribution in [0.2, 0.25) is 0 Å². The van der Waals surface area contributed by atoms with Gasteiger partial charge < -0.3 is 19.3 Å². The molecule has 12 nitrogen and oxygen atoms in total. The molecule has 232 valence electrons. The van der Waals surface area contributed by atoms with Crippen LogP contribution in [-0.4, -0.2) is 78.8 Å². The van der Waals surface area contributed by atoms with Crippen molar-refractivity contribution in [2.24, 2.45) is 0 Å². The van der Waals surface area contributed by atoms with Crippen LogP contribution in [0.3, 0.4) is 0 Å². The zero-order valence-corrected chi connectivity index (χ0v) is 26.9. The van der Waals surface area contributed by atoms with E-state index in [9.17, 15) is 19.5 Å². The number of hydrogen-bond acceptors (Lipinski definition) is 10. The summed E-state index contributed by atoms with van der Waals surface area (Å²) in [4.78, 5) is 54.2. The van der Waals surface area contributed by atoms with Gasteiger partial charge in [-0.3, -0.25) is 4.90 Å². The van der Waals surface area contributed by atoms with E-state index in [2.05, 4.69) is 9.97 Å². The number of carbonyl (C=O) groups is 3. The molecule has 1 saturated heterocycles. The molecule has 3 aromatic rings. The number of thiophene rings is 1. The van der Waals surface area contributed by atoms with Gasteiger partial charge in [0.15, 0.2) is 11.9 Å². The monoisotopic (exact) mass is 614 g/mol. The SMILES string of the molecule is CC(C)N(C(=O)OC(C)(C)C)c1cccc(-c2nc(O[C@@H]3CC(C)[N+](C(=O)O)(C(=O)OC(C)(C)C)C3)c3sccc3n2)n1. The number of carbonyl (C=O) groups excluding carboxylic acids is 2. The number of likely N-dealkylation sites (tertiary alicyclic amines) is 1. The van der Waals surface area contributed by atoms with Gasteiger partial charge in [0.1, 0.15) is 40.0 Å². The number of anilines is 1. The maximum atomic E-state index is 13.1. The van der Waals surface area contributed by atoms with Gasteiger partial charge in [0.25, 0.3) is 0 Å². The Labute approximate surface area is 255 Å². The molecule has 1 fully saturated rings. The fourth-order valence-corrected chi connectivity index (χ4v) is 5.68.